The second kappa shape index (κ2) is 10.5. The topological polar surface area (TPSA) is 104 Å². The minimum atomic E-state index is -3.83. The Balaban J connectivity index is 1.73. The largest absolute Gasteiger partial charge is 0.493 e. The molecular formula is C27H26FNO7S. The summed E-state index contributed by atoms with van der Waals surface area (Å²) in [5, 5.41) is 2.82. The summed E-state index contributed by atoms with van der Waals surface area (Å²) >= 11 is 0. The van der Waals surface area contributed by atoms with E-state index in [0.717, 1.165) is 23.0 Å². The van der Waals surface area contributed by atoms with Crippen LogP contribution in [0, 0.1) is 5.82 Å². The zero-order valence-electron chi connectivity index (χ0n) is 20.8. The van der Waals surface area contributed by atoms with Crippen molar-refractivity contribution in [3.8, 4) is 17.2 Å². The van der Waals surface area contributed by atoms with Gasteiger partial charge in [0.25, 0.3) is 0 Å². The molecule has 0 unspecified atom stereocenters. The van der Waals surface area contributed by atoms with Crippen molar-refractivity contribution in [2.24, 2.45) is 0 Å². The lowest BCUT2D eigenvalue weighted by atomic mass is 10.00. The second-order valence-corrected chi connectivity index (χ2v) is 10.0. The molecular weight excluding hydrogens is 501 g/mol. The number of hydrogen-bond donors (Lipinski definition) is 1. The van der Waals surface area contributed by atoms with E-state index in [1.54, 1.807) is 30.3 Å². The summed E-state index contributed by atoms with van der Waals surface area (Å²) in [6, 6.07) is 11.2. The Hall–Kier alpha value is -4.05. The van der Waals surface area contributed by atoms with Crippen LogP contribution in [-0.2, 0) is 21.5 Å². The first kappa shape index (κ1) is 26.0. The number of halogens is 1. The van der Waals surface area contributed by atoms with Gasteiger partial charge in [0.1, 0.15) is 11.6 Å². The third-order valence-electron chi connectivity index (χ3n) is 5.86. The Morgan fingerprint density at radius 2 is 1.78 bits per heavy atom. The van der Waals surface area contributed by atoms with Gasteiger partial charge in [0.15, 0.2) is 11.5 Å². The zero-order chi connectivity index (χ0) is 26.7. The van der Waals surface area contributed by atoms with Gasteiger partial charge in [0.05, 0.1) is 39.7 Å². The van der Waals surface area contributed by atoms with Gasteiger partial charge in [-0.1, -0.05) is 6.07 Å². The monoisotopic (exact) mass is 527 g/mol. The van der Waals surface area contributed by atoms with Gasteiger partial charge < -0.3 is 23.4 Å². The van der Waals surface area contributed by atoms with Crippen LogP contribution in [0.3, 0.4) is 0 Å². The average Bonchev–Trinajstić information content (AvgIpc) is 3.45. The molecule has 8 nitrogen and oxygen atoms in total. The summed E-state index contributed by atoms with van der Waals surface area (Å²) in [7, 11) is -1.05. The van der Waals surface area contributed by atoms with E-state index in [1.165, 1.54) is 32.6 Å². The van der Waals surface area contributed by atoms with Crippen molar-refractivity contribution >= 4 is 33.2 Å². The van der Waals surface area contributed by atoms with Gasteiger partial charge in [-0.3, -0.25) is 4.79 Å². The van der Waals surface area contributed by atoms with Gasteiger partial charge in [-0.2, -0.15) is 8.42 Å². The predicted octanol–water partition coefficient (Wildman–Crippen LogP) is 4.81. The smallest absolute Gasteiger partial charge is 0.306 e. The Kier molecular flexibility index (Phi) is 7.40. The number of carbonyl (C=O) groups is 1. The molecule has 0 fully saturated rings. The maximum atomic E-state index is 14.2. The number of allylic oxidation sites excluding steroid dienone is 2. The first-order valence-corrected chi connectivity index (χ1v) is 13.1. The number of rotatable bonds is 9. The summed E-state index contributed by atoms with van der Waals surface area (Å²) < 4.78 is 58.7. The molecule has 1 amide bonds. The molecule has 0 saturated heterocycles. The SMILES string of the molecule is COc1cc(/C=C2/C(C)=C(CC(=O)NCc3ccco3)c3cc(F)ccc32)cc(OC)c1OS(C)(=O)=O. The van der Waals surface area contributed by atoms with Crippen LogP contribution in [0.15, 0.2) is 58.7 Å². The Labute approximate surface area is 214 Å². The minimum Gasteiger partial charge on any atom is -0.493 e. The van der Waals surface area contributed by atoms with E-state index in [9.17, 15) is 17.6 Å². The minimum absolute atomic E-state index is 0.0497. The van der Waals surface area contributed by atoms with Crippen LogP contribution >= 0.6 is 0 Å². The number of ether oxygens (including phenoxy) is 2. The van der Waals surface area contributed by atoms with Crippen LogP contribution in [0.1, 0.15) is 35.8 Å². The van der Waals surface area contributed by atoms with Crippen LogP contribution in [0.5, 0.6) is 17.2 Å². The van der Waals surface area contributed by atoms with E-state index >= 15 is 0 Å². The molecule has 4 rings (SSSR count). The maximum absolute atomic E-state index is 14.2. The third kappa shape index (κ3) is 5.86. The van der Waals surface area contributed by atoms with E-state index in [2.05, 4.69) is 5.32 Å². The number of carbonyl (C=O) groups excluding carboxylic acids is 1. The van der Waals surface area contributed by atoms with E-state index in [1.807, 2.05) is 13.0 Å². The molecule has 0 saturated carbocycles. The summed E-state index contributed by atoms with van der Waals surface area (Å²) in [5.74, 6) is 0.245. The lowest BCUT2D eigenvalue weighted by Crippen LogP contribution is -2.22. The number of hydrogen-bond acceptors (Lipinski definition) is 7. The highest BCUT2D eigenvalue weighted by Gasteiger charge is 2.26. The highest BCUT2D eigenvalue weighted by molar-refractivity contribution is 7.86. The second-order valence-electron chi connectivity index (χ2n) is 8.43. The number of furan rings is 1. The number of amides is 1. The van der Waals surface area contributed by atoms with Gasteiger partial charge in [-0.15, -0.1) is 0 Å². The number of nitrogens with one attached hydrogen (secondary N) is 1. The molecule has 0 radical (unpaired) electrons. The number of methoxy groups -OCH3 is 2. The van der Waals surface area contributed by atoms with E-state index in [0.29, 0.717) is 22.5 Å². The van der Waals surface area contributed by atoms with Gasteiger partial charge in [0, 0.05) is 0 Å². The van der Waals surface area contributed by atoms with Gasteiger partial charge in [-0.05, 0) is 82.8 Å². The first-order chi connectivity index (χ1) is 17.6. The van der Waals surface area contributed by atoms with Crippen LogP contribution in [0.2, 0.25) is 0 Å². The molecule has 0 aliphatic heterocycles. The molecule has 0 spiro atoms. The van der Waals surface area contributed by atoms with E-state index in [-0.39, 0.29) is 36.1 Å². The average molecular weight is 528 g/mol. The van der Waals surface area contributed by atoms with Crippen molar-refractivity contribution in [2.75, 3.05) is 20.5 Å². The fourth-order valence-corrected chi connectivity index (χ4v) is 4.65. The van der Waals surface area contributed by atoms with Crippen molar-refractivity contribution in [3.05, 3.63) is 82.6 Å². The molecule has 2 aromatic carbocycles. The summed E-state index contributed by atoms with van der Waals surface area (Å²) in [6.45, 7) is 2.12. The fourth-order valence-electron chi connectivity index (χ4n) is 4.19. The molecule has 0 atom stereocenters. The van der Waals surface area contributed by atoms with Crippen molar-refractivity contribution < 1.29 is 35.7 Å². The normalized spacial score (nSPS) is 14.0. The molecule has 3 aromatic rings. The predicted molar refractivity (Wildman–Crippen MR) is 137 cm³/mol. The summed E-state index contributed by atoms with van der Waals surface area (Å²) in [6.07, 6.45) is 4.35. The van der Waals surface area contributed by atoms with Gasteiger partial charge in [0.2, 0.25) is 11.7 Å². The van der Waals surface area contributed by atoms with Gasteiger partial charge in [-0.25, -0.2) is 4.39 Å². The lowest BCUT2D eigenvalue weighted by Gasteiger charge is -2.14. The van der Waals surface area contributed by atoms with E-state index < -0.39 is 15.9 Å². The van der Waals surface area contributed by atoms with Crippen LogP contribution in [0.4, 0.5) is 4.39 Å². The fraction of sp³-hybridized carbons (Fsp3) is 0.222. The van der Waals surface area contributed by atoms with Crippen molar-refractivity contribution in [1.82, 2.24) is 5.32 Å². The van der Waals surface area contributed by atoms with Crippen molar-refractivity contribution in [3.63, 3.8) is 0 Å². The Morgan fingerprint density at radius 1 is 1.08 bits per heavy atom. The first-order valence-electron chi connectivity index (χ1n) is 11.3. The van der Waals surface area contributed by atoms with E-state index in [4.69, 9.17) is 18.1 Å². The standard InChI is InChI=1S/C27H26FNO7S/c1-16-21(10-17-11-24(33-2)27(25(12-17)34-3)36-37(4,31)32)20-8-7-18(28)13-23(20)22(16)14-26(30)29-15-19-6-5-9-35-19/h5-13H,14-15H2,1-4H3,(H,29,30)/b21-10-. The quantitative estimate of drug-likeness (QED) is 0.398. The zero-order valence-corrected chi connectivity index (χ0v) is 21.6. The van der Waals surface area contributed by atoms with Gasteiger partial charge >= 0.3 is 10.1 Å². The molecule has 37 heavy (non-hydrogen) atoms. The molecule has 1 aliphatic rings. The van der Waals surface area contributed by atoms with Crippen molar-refractivity contribution in [1.29, 1.82) is 0 Å². The third-order valence-corrected chi connectivity index (χ3v) is 6.33. The van der Waals surface area contributed by atoms with Crippen LogP contribution in [0.25, 0.3) is 17.2 Å². The number of fused-ring (bicyclic) bond motifs is 1. The number of benzene rings is 2. The molecule has 0 bridgehead atoms. The van der Waals surface area contributed by atoms with Crippen LogP contribution < -0.4 is 19.0 Å². The Morgan fingerprint density at radius 3 is 2.38 bits per heavy atom. The lowest BCUT2D eigenvalue weighted by molar-refractivity contribution is -0.120. The highest BCUT2D eigenvalue weighted by atomic mass is 32.2. The summed E-state index contributed by atoms with van der Waals surface area (Å²) in [4.78, 5) is 12.7. The van der Waals surface area contributed by atoms with Crippen LogP contribution in [-0.4, -0.2) is 34.8 Å². The van der Waals surface area contributed by atoms with Crippen molar-refractivity contribution in [2.45, 2.75) is 19.9 Å². The maximum Gasteiger partial charge on any atom is 0.306 e. The Bertz CT molecular complexity index is 1480. The highest BCUT2D eigenvalue weighted by Crippen LogP contribution is 2.45. The molecule has 194 valence electrons. The molecule has 1 N–H and O–H groups in total. The molecule has 10 heteroatoms. The summed E-state index contributed by atoms with van der Waals surface area (Å²) in [5.41, 5.74) is 4.32. The molecule has 1 heterocycles. The molecule has 1 aliphatic carbocycles. The molecule has 1 aromatic heterocycles.